The minimum absolute atomic E-state index is 0.0468. The van der Waals surface area contributed by atoms with E-state index in [2.05, 4.69) is 10.3 Å². The van der Waals surface area contributed by atoms with E-state index in [1.165, 1.54) is 36.4 Å². The molecule has 0 unspecified atom stereocenters. The van der Waals surface area contributed by atoms with Crippen molar-refractivity contribution in [3.63, 3.8) is 0 Å². The van der Waals surface area contributed by atoms with Gasteiger partial charge in [-0.15, -0.1) is 0 Å². The van der Waals surface area contributed by atoms with Crippen LogP contribution >= 0.6 is 0 Å². The molecule has 1 aromatic carbocycles. The van der Waals surface area contributed by atoms with Crippen LogP contribution in [0.3, 0.4) is 0 Å². The number of amides is 1. The summed E-state index contributed by atoms with van der Waals surface area (Å²) in [6.45, 7) is 3.64. The molecule has 1 heterocycles. The van der Waals surface area contributed by atoms with Gasteiger partial charge in [0.2, 0.25) is 0 Å². The first kappa shape index (κ1) is 15.6. The van der Waals surface area contributed by atoms with Crippen LogP contribution in [-0.2, 0) is 0 Å². The minimum atomic E-state index is -1.20. The predicted molar refractivity (Wildman–Crippen MR) is 79.2 cm³/mol. The molecule has 22 heavy (non-hydrogen) atoms. The number of aromatic carboxylic acids is 1. The van der Waals surface area contributed by atoms with Gasteiger partial charge < -0.3 is 10.4 Å². The van der Waals surface area contributed by atoms with E-state index in [0.29, 0.717) is 0 Å². The molecule has 0 saturated heterocycles. The molecule has 114 valence electrons. The molecule has 0 bridgehead atoms. The van der Waals surface area contributed by atoms with Crippen molar-refractivity contribution in [3.8, 4) is 11.3 Å². The number of carbonyl (C=O) groups excluding carboxylic acids is 1. The summed E-state index contributed by atoms with van der Waals surface area (Å²) in [5.74, 6) is -2.10. The second kappa shape index (κ2) is 6.34. The number of nitrogens with zero attached hydrogens (tertiary/aromatic N) is 1. The average Bonchev–Trinajstić information content (AvgIpc) is 2.47. The van der Waals surface area contributed by atoms with Gasteiger partial charge in [-0.3, -0.25) is 4.79 Å². The van der Waals surface area contributed by atoms with Gasteiger partial charge in [0.25, 0.3) is 5.91 Å². The SMILES string of the molecule is CC(C)NC(=O)c1ccc(F)c(-c2cccc(C(=O)O)n2)c1. The number of nitrogens with one attached hydrogen (secondary N) is 1. The van der Waals surface area contributed by atoms with Crippen molar-refractivity contribution in [2.75, 3.05) is 0 Å². The predicted octanol–water partition coefficient (Wildman–Crippen LogP) is 2.72. The molecule has 1 amide bonds. The summed E-state index contributed by atoms with van der Waals surface area (Å²) in [6.07, 6.45) is 0. The largest absolute Gasteiger partial charge is 0.477 e. The Hall–Kier alpha value is -2.76. The monoisotopic (exact) mass is 302 g/mol. The molecule has 0 saturated carbocycles. The molecular weight excluding hydrogens is 287 g/mol. The van der Waals surface area contributed by atoms with Crippen molar-refractivity contribution in [1.29, 1.82) is 0 Å². The van der Waals surface area contributed by atoms with E-state index in [0.717, 1.165) is 0 Å². The zero-order valence-corrected chi connectivity index (χ0v) is 12.1. The topological polar surface area (TPSA) is 79.3 Å². The third-order valence-corrected chi connectivity index (χ3v) is 2.89. The summed E-state index contributed by atoms with van der Waals surface area (Å²) in [4.78, 5) is 26.8. The normalized spacial score (nSPS) is 10.5. The quantitative estimate of drug-likeness (QED) is 0.910. The fourth-order valence-electron chi connectivity index (χ4n) is 1.91. The highest BCUT2D eigenvalue weighted by Gasteiger charge is 2.14. The van der Waals surface area contributed by atoms with Gasteiger partial charge in [0.05, 0.1) is 5.69 Å². The van der Waals surface area contributed by atoms with E-state index in [1.807, 2.05) is 13.8 Å². The third kappa shape index (κ3) is 3.46. The first-order chi connectivity index (χ1) is 10.4. The fraction of sp³-hybridized carbons (Fsp3) is 0.188. The van der Waals surface area contributed by atoms with Crippen LogP contribution in [0.4, 0.5) is 4.39 Å². The van der Waals surface area contributed by atoms with Crippen LogP contribution in [0.2, 0.25) is 0 Å². The third-order valence-electron chi connectivity index (χ3n) is 2.89. The molecule has 2 N–H and O–H groups in total. The van der Waals surface area contributed by atoms with Crippen LogP contribution in [0.15, 0.2) is 36.4 Å². The molecule has 0 aliphatic carbocycles. The number of aromatic nitrogens is 1. The molecule has 0 radical (unpaired) electrons. The van der Waals surface area contributed by atoms with Gasteiger partial charge in [-0.1, -0.05) is 6.07 Å². The molecule has 0 atom stereocenters. The van der Waals surface area contributed by atoms with E-state index in [9.17, 15) is 14.0 Å². The molecule has 0 aliphatic heterocycles. The molecule has 0 fully saturated rings. The molecule has 2 aromatic rings. The Bertz CT molecular complexity index is 729. The Kier molecular flexibility index (Phi) is 4.50. The number of carboxylic acid groups (broad SMARTS) is 1. The standard InChI is InChI=1S/C16H15FN2O3/c1-9(2)18-15(20)10-6-7-12(17)11(8-10)13-4-3-5-14(19-13)16(21)22/h3-9H,1-2H3,(H,18,20)(H,21,22). The Morgan fingerprint density at radius 3 is 2.59 bits per heavy atom. The van der Waals surface area contributed by atoms with Crippen molar-refractivity contribution < 1.29 is 19.1 Å². The maximum atomic E-state index is 14.0. The number of hydrogen-bond donors (Lipinski definition) is 2. The van der Waals surface area contributed by atoms with E-state index < -0.39 is 11.8 Å². The second-order valence-corrected chi connectivity index (χ2v) is 5.04. The highest BCUT2D eigenvalue weighted by molar-refractivity contribution is 5.95. The fourth-order valence-corrected chi connectivity index (χ4v) is 1.91. The van der Waals surface area contributed by atoms with Gasteiger partial charge in [0.1, 0.15) is 11.5 Å². The lowest BCUT2D eigenvalue weighted by Gasteiger charge is -2.10. The number of rotatable bonds is 4. The molecule has 6 heteroatoms. The molecule has 5 nitrogen and oxygen atoms in total. The van der Waals surface area contributed by atoms with Crippen LogP contribution in [0.25, 0.3) is 11.3 Å². The zero-order chi connectivity index (χ0) is 16.3. The highest BCUT2D eigenvalue weighted by atomic mass is 19.1. The maximum absolute atomic E-state index is 14.0. The Morgan fingerprint density at radius 2 is 1.95 bits per heavy atom. The van der Waals surface area contributed by atoms with Crippen LogP contribution in [0.5, 0.6) is 0 Å². The van der Waals surface area contributed by atoms with Gasteiger partial charge in [0.15, 0.2) is 0 Å². The molecule has 0 spiro atoms. The van der Waals surface area contributed by atoms with Gasteiger partial charge in [-0.25, -0.2) is 14.2 Å². The lowest BCUT2D eigenvalue weighted by Crippen LogP contribution is -2.30. The Labute approximate surface area is 126 Å². The van der Waals surface area contributed by atoms with Crippen LogP contribution in [0, 0.1) is 5.82 Å². The van der Waals surface area contributed by atoms with Crippen LogP contribution in [-0.4, -0.2) is 28.0 Å². The van der Waals surface area contributed by atoms with E-state index in [-0.39, 0.29) is 34.5 Å². The van der Waals surface area contributed by atoms with E-state index in [4.69, 9.17) is 5.11 Å². The summed E-state index contributed by atoms with van der Waals surface area (Å²) in [6, 6.07) is 8.15. The first-order valence-electron chi connectivity index (χ1n) is 6.69. The average molecular weight is 302 g/mol. The zero-order valence-electron chi connectivity index (χ0n) is 12.1. The summed E-state index contributed by atoms with van der Waals surface area (Å²) in [5, 5.41) is 11.7. The van der Waals surface area contributed by atoms with Crippen molar-refractivity contribution >= 4 is 11.9 Å². The number of carbonyl (C=O) groups is 2. The van der Waals surface area contributed by atoms with Crippen LogP contribution in [0.1, 0.15) is 34.7 Å². The number of hydrogen-bond acceptors (Lipinski definition) is 3. The molecular formula is C16H15FN2O3. The summed E-state index contributed by atoms with van der Waals surface area (Å²) < 4.78 is 14.0. The van der Waals surface area contributed by atoms with E-state index >= 15 is 0 Å². The smallest absolute Gasteiger partial charge is 0.354 e. The van der Waals surface area contributed by atoms with Crippen LogP contribution < -0.4 is 5.32 Å². The Morgan fingerprint density at radius 1 is 1.23 bits per heavy atom. The summed E-state index contributed by atoms with van der Waals surface area (Å²) >= 11 is 0. The number of halogens is 1. The van der Waals surface area contributed by atoms with Gasteiger partial charge in [-0.05, 0) is 44.2 Å². The lowest BCUT2D eigenvalue weighted by molar-refractivity contribution is 0.0690. The summed E-state index contributed by atoms with van der Waals surface area (Å²) in [5.41, 5.74) is 0.345. The minimum Gasteiger partial charge on any atom is -0.477 e. The van der Waals surface area contributed by atoms with Crippen molar-refractivity contribution in [2.45, 2.75) is 19.9 Å². The number of carboxylic acids is 1. The summed E-state index contributed by atoms with van der Waals surface area (Å²) in [7, 11) is 0. The first-order valence-corrected chi connectivity index (χ1v) is 6.69. The van der Waals surface area contributed by atoms with Crippen molar-refractivity contribution in [2.24, 2.45) is 0 Å². The molecule has 1 aromatic heterocycles. The lowest BCUT2D eigenvalue weighted by atomic mass is 10.1. The Balaban J connectivity index is 2.45. The maximum Gasteiger partial charge on any atom is 0.354 e. The van der Waals surface area contributed by atoms with Gasteiger partial charge in [0, 0.05) is 17.2 Å². The number of benzene rings is 1. The number of pyridine rings is 1. The van der Waals surface area contributed by atoms with Gasteiger partial charge >= 0.3 is 5.97 Å². The van der Waals surface area contributed by atoms with Crippen molar-refractivity contribution in [1.82, 2.24) is 10.3 Å². The molecule has 2 rings (SSSR count). The van der Waals surface area contributed by atoms with E-state index in [1.54, 1.807) is 0 Å². The highest BCUT2D eigenvalue weighted by Crippen LogP contribution is 2.22. The van der Waals surface area contributed by atoms with Crippen molar-refractivity contribution in [3.05, 3.63) is 53.5 Å². The second-order valence-electron chi connectivity index (χ2n) is 5.04. The molecule has 0 aliphatic rings. The van der Waals surface area contributed by atoms with Gasteiger partial charge in [-0.2, -0.15) is 0 Å².